The Morgan fingerprint density at radius 2 is 1.62 bits per heavy atom. The number of carbonyl (C=O) groups excluding carboxylic acids is 1. The van der Waals surface area contributed by atoms with Gasteiger partial charge in [-0.05, 0) is 91.8 Å². The monoisotopic (exact) mass is 800 g/mol. The van der Waals surface area contributed by atoms with Gasteiger partial charge < -0.3 is 33.0 Å². The van der Waals surface area contributed by atoms with E-state index in [0.717, 1.165) is 48.9 Å². The Balaban J connectivity index is 1.13. The van der Waals surface area contributed by atoms with Crippen LogP contribution in [0.5, 0.6) is 0 Å². The van der Waals surface area contributed by atoms with Gasteiger partial charge in [0.25, 0.3) is 0 Å². The van der Waals surface area contributed by atoms with Crippen LogP contribution in [0.4, 0.5) is 4.79 Å². The fourth-order valence-corrected chi connectivity index (χ4v) is 13.0. The van der Waals surface area contributed by atoms with E-state index in [1.807, 2.05) is 0 Å². The number of guanidine groups is 2. The van der Waals surface area contributed by atoms with Crippen molar-refractivity contribution in [1.82, 2.24) is 10.4 Å². The average Bonchev–Trinajstić information content (AvgIpc) is 3.44. The molecule has 0 aromatic rings. The fraction of sp³-hybridized carbons (Fsp3) is 0.865. The highest BCUT2D eigenvalue weighted by molar-refractivity contribution is 8.76. The molecule has 0 aliphatic heterocycles. The molecule has 16 heteroatoms. The number of nitrogens with zero attached hydrogens (tertiary/aromatic N) is 2. The zero-order chi connectivity index (χ0) is 38.5. The molecule has 4 aliphatic carbocycles. The van der Waals surface area contributed by atoms with E-state index in [-0.39, 0.29) is 55.8 Å². The Hall–Kier alpha value is -1.64. The molecule has 0 heterocycles. The van der Waals surface area contributed by atoms with E-state index in [2.05, 4.69) is 54.2 Å². The van der Waals surface area contributed by atoms with Gasteiger partial charge in [0.1, 0.15) is 6.10 Å². The standard InChI is InChI=1S/C37H69N8O5PS2/c1-26(2)7-5-6-8-27-10-12-31-30-11-9-28-25-29(13-15-37(28,4)32(30)14-16-36(27,31)3)50-35(46)44-19-23-52-53-24-20-45-51(47,48-21-17-42-33(38)39)49-22-18-43-34(40)41/h9,26-27,29-32H,5-8,10-25H2,1-4H3,(H,44,46)(H,45,47)(H4,38,39,42)(H4,40,41,43). The maximum absolute atomic E-state index is 13.1. The maximum Gasteiger partial charge on any atom is 0.407 e. The molecule has 304 valence electrons. The summed E-state index contributed by atoms with van der Waals surface area (Å²) in [4.78, 5) is 20.4. The molecule has 0 spiro atoms. The van der Waals surface area contributed by atoms with Crippen molar-refractivity contribution >= 4 is 47.3 Å². The van der Waals surface area contributed by atoms with Crippen molar-refractivity contribution in [3.63, 3.8) is 0 Å². The predicted molar refractivity (Wildman–Crippen MR) is 221 cm³/mol. The number of amides is 1. The van der Waals surface area contributed by atoms with E-state index in [1.54, 1.807) is 21.6 Å². The van der Waals surface area contributed by atoms with Crippen LogP contribution in [0.25, 0.3) is 0 Å². The lowest BCUT2D eigenvalue weighted by Crippen LogP contribution is -2.50. The molecule has 13 nitrogen and oxygen atoms in total. The van der Waals surface area contributed by atoms with Gasteiger partial charge in [-0.3, -0.25) is 19.0 Å². The second-order valence-electron chi connectivity index (χ2n) is 16.3. The molecular formula is C37H69N8O5PS2. The molecule has 0 aromatic carbocycles. The Kier molecular flexibility index (Phi) is 17.5. The summed E-state index contributed by atoms with van der Waals surface area (Å²) in [5.41, 5.74) is 23.6. The second-order valence-corrected chi connectivity index (χ2v) is 20.8. The number of nitrogens with two attached hydrogens (primary N) is 4. The van der Waals surface area contributed by atoms with Crippen molar-refractivity contribution in [2.24, 2.45) is 73.3 Å². The van der Waals surface area contributed by atoms with Crippen LogP contribution >= 0.6 is 29.3 Å². The second kappa shape index (κ2) is 21.0. The number of rotatable bonds is 22. The topological polar surface area (TPSA) is 215 Å². The zero-order valence-electron chi connectivity index (χ0n) is 32.7. The molecule has 53 heavy (non-hydrogen) atoms. The van der Waals surface area contributed by atoms with Crippen LogP contribution in [0.2, 0.25) is 0 Å². The SMILES string of the molecule is CC(C)CCCCC1CCC2C3CC=C4CC(OC(=O)NCCSSCCNP(=O)(OCCN=C(N)N)OCCN=C(N)N)CCC4(C)C3CCC12C. The lowest BCUT2D eigenvalue weighted by atomic mass is 9.47. The first-order valence-electron chi connectivity index (χ1n) is 19.9. The average molecular weight is 801 g/mol. The van der Waals surface area contributed by atoms with Gasteiger partial charge in [0.15, 0.2) is 11.9 Å². The minimum atomic E-state index is -3.62. The third kappa shape index (κ3) is 13.0. The Morgan fingerprint density at radius 1 is 0.943 bits per heavy atom. The fourth-order valence-electron chi connectivity index (χ4n) is 9.78. The highest BCUT2D eigenvalue weighted by atomic mass is 33.1. The number of ether oxygens (including phenoxy) is 1. The molecule has 7 unspecified atom stereocenters. The van der Waals surface area contributed by atoms with E-state index in [9.17, 15) is 9.36 Å². The largest absolute Gasteiger partial charge is 0.446 e. The summed E-state index contributed by atoms with van der Waals surface area (Å²) in [7, 11) is -0.419. The number of alkyl carbamates (subject to hydrolysis) is 1. The van der Waals surface area contributed by atoms with Crippen molar-refractivity contribution in [2.45, 2.75) is 111 Å². The van der Waals surface area contributed by atoms with Crippen LogP contribution in [0.15, 0.2) is 21.6 Å². The summed E-state index contributed by atoms with van der Waals surface area (Å²) in [6.07, 6.45) is 17.5. The van der Waals surface area contributed by atoms with E-state index in [1.165, 1.54) is 63.4 Å². The maximum atomic E-state index is 13.1. The van der Waals surface area contributed by atoms with Gasteiger partial charge in [0.2, 0.25) is 0 Å². The number of hydrogen-bond acceptors (Lipinski definition) is 9. The van der Waals surface area contributed by atoms with Crippen molar-refractivity contribution in [1.29, 1.82) is 0 Å². The minimum Gasteiger partial charge on any atom is -0.446 e. The van der Waals surface area contributed by atoms with Crippen molar-refractivity contribution in [3.05, 3.63) is 11.6 Å². The molecular weight excluding hydrogens is 732 g/mol. The van der Waals surface area contributed by atoms with Crippen molar-refractivity contribution in [3.8, 4) is 0 Å². The summed E-state index contributed by atoms with van der Waals surface area (Å²) in [5, 5.41) is 5.78. The van der Waals surface area contributed by atoms with Gasteiger partial charge in [-0.25, -0.2) is 14.4 Å². The summed E-state index contributed by atoms with van der Waals surface area (Å²) in [5.74, 6) is 5.34. The lowest BCUT2D eigenvalue weighted by molar-refractivity contribution is -0.0519. The summed E-state index contributed by atoms with van der Waals surface area (Å²) in [6.45, 7) is 11.0. The first kappa shape index (κ1) is 44.1. The van der Waals surface area contributed by atoms with Crippen LogP contribution < -0.4 is 33.3 Å². The third-order valence-electron chi connectivity index (χ3n) is 12.4. The van der Waals surface area contributed by atoms with Gasteiger partial charge in [0, 0.05) is 31.0 Å². The molecule has 1 amide bonds. The molecule has 0 saturated heterocycles. The van der Waals surface area contributed by atoms with E-state index >= 15 is 0 Å². The number of allylic oxidation sites excluding steroid dienone is 1. The summed E-state index contributed by atoms with van der Waals surface area (Å²) in [6, 6.07) is 0. The number of aliphatic imine (C=N–C) groups is 2. The zero-order valence-corrected chi connectivity index (χ0v) is 35.2. The molecule has 0 bridgehead atoms. The molecule has 10 N–H and O–H groups in total. The lowest BCUT2D eigenvalue weighted by Gasteiger charge is -2.58. The predicted octanol–water partition coefficient (Wildman–Crippen LogP) is 6.54. The number of unbranched alkanes of at least 4 members (excludes halogenated alkanes) is 1. The summed E-state index contributed by atoms with van der Waals surface area (Å²) >= 11 is 0. The Morgan fingerprint density at radius 3 is 2.28 bits per heavy atom. The number of carbonyl (C=O) groups is 1. The van der Waals surface area contributed by atoms with Gasteiger partial charge in [-0.1, -0.05) is 80.2 Å². The first-order valence-corrected chi connectivity index (χ1v) is 23.9. The first-order chi connectivity index (χ1) is 25.3. The molecule has 0 aromatic heterocycles. The quantitative estimate of drug-likeness (QED) is 0.0172. The number of hydrogen-bond donors (Lipinski definition) is 6. The van der Waals surface area contributed by atoms with Gasteiger partial charge >= 0.3 is 13.8 Å². The minimum absolute atomic E-state index is 0.00609. The number of nitrogens with one attached hydrogen (secondary N) is 2. The van der Waals surface area contributed by atoms with Crippen molar-refractivity contribution in [2.75, 3.05) is 50.9 Å². The van der Waals surface area contributed by atoms with Crippen LogP contribution in [-0.2, 0) is 18.3 Å². The molecule has 4 rings (SSSR count). The molecule has 0 radical (unpaired) electrons. The smallest absolute Gasteiger partial charge is 0.407 e. The van der Waals surface area contributed by atoms with E-state index in [0.29, 0.717) is 30.0 Å². The van der Waals surface area contributed by atoms with Gasteiger partial charge in [-0.2, -0.15) is 0 Å². The van der Waals surface area contributed by atoms with Crippen LogP contribution in [0.3, 0.4) is 0 Å². The molecule has 3 saturated carbocycles. The van der Waals surface area contributed by atoms with E-state index in [4.69, 9.17) is 36.7 Å². The highest BCUT2D eigenvalue weighted by Gasteiger charge is 2.58. The van der Waals surface area contributed by atoms with Crippen LogP contribution in [0, 0.1) is 40.4 Å². The summed E-state index contributed by atoms with van der Waals surface area (Å²) < 4.78 is 29.9. The highest BCUT2D eigenvalue weighted by Crippen LogP contribution is 2.67. The van der Waals surface area contributed by atoms with Crippen LogP contribution in [0.1, 0.15) is 105 Å². The van der Waals surface area contributed by atoms with Gasteiger partial charge in [-0.15, -0.1) is 0 Å². The van der Waals surface area contributed by atoms with Crippen molar-refractivity contribution < 1.29 is 23.1 Å². The van der Waals surface area contributed by atoms with Gasteiger partial charge in [0.05, 0.1) is 26.3 Å². The molecule has 3 fully saturated rings. The Bertz CT molecular complexity index is 1290. The van der Waals surface area contributed by atoms with E-state index < -0.39 is 7.75 Å². The molecule has 4 aliphatic rings. The molecule has 7 atom stereocenters. The normalized spacial score (nSPS) is 29.4. The number of fused-ring (bicyclic) bond motifs is 5. The Labute approximate surface area is 326 Å². The van der Waals surface area contributed by atoms with Crippen LogP contribution in [-0.4, -0.2) is 75.0 Å². The third-order valence-corrected chi connectivity index (χ3v) is 16.5.